The van der Waals surface area contributed by atoms with Crippen molar-refractivity contribution in [3.63, 3.8) is 0 Å². The lowest BCUT2D eigenvalue weighted by Gasteiger charge is -2.23. The van der Waals surface area contributed by atoms with E-state index in [1.54, 1.807) is 19.1 Å². The van der Waals surface area contributed by atoms with Crippen LogP contribution in [0.5, 0.6) is 0 Å². The maximum absolute atomic E-state index is 11.9. The van der Waals surface area contributed by atoms with Crippen molar-refractivity contribution in [1.82, 2.24) is 5.32 Å². The van der Waals surface area contributed by atoms with Gasteiger partial charge in [0.05, 0.1) is 5.56 Å². The van der Waals surface area contributed by atoms with Crippen molar-refractivity contribution >= 4 is 17.7 Å². The molecule has 1 aromatic carbocycles. The molecule has 1 aliphatic rings. The van der Waals surface area contributed by atoms with Gasteiger partial charge in [-0.25, -0.2) is 9.59 Å². The van der Waals surface area contributed by atoms with E-state index in [2.05, 4.69) is 17.6 Å². The maximum atomic E-state index is 11.9. The molecule has 2 rings (SSSR count). The summed E-state index contributed by atoms with van der Waals surface area (Å²) in [6.45, 7) is 4.65. The van der Waals surface area contributed by atoms with E-state index in [4.69, 9.17) is 5.11 Å². The van der Waals surface area contributed by atoms with E-state index in [9.17, 15) is 9.59 Å². The van der Waals surface area contributed by atoms with Crippen LogP contribution in [0.4, 0.5) is 10.5 Å². The van der Waals surface area contributed by atoms with Crippen LogP contribution >= 0.6 is 0 Å². The number of carboxylic acid groups (broad SMARTS) is 1. The fraction of sp³-hybridized carbons (Fsp3) is 0.500. The molecule has 0 spiro atoms. The second kappa shape index (κ2) is 6.16. The Kier molecular flexibility index (Phi) is 4.50. The van der Waals surface area contributed by atoms with Crippen LogP contribution in [0, 0.1) is 12.3 Å². The lowest BCUT2D eigenvalue weighted by atomic mass is 9.89. The molecule has 1 fully saturated rings. The van der Waals surface area contributed by atoms with Crippen LogP contribution in [0.15, 0.2) is 18.2 Å². The fourth-order valence-electron chi connectivity index (χ4n) is 2.80. The molecule has 114 valence electrons. The van der Waals surface area contributed by atoms with E-state index in [1.807, 2.05) is 0 Å². The third-order valence-corrected chi connectivity index (χ3v) is 4.21. The van der Waals surface area contributed by atoms with Gasteiger partial charge in [-0.15, -0.1) is 0 Å². The van der Waals surface area contributed by atoms with Crippen LogP contribution in [0.2, 0.25) is 0 Å². The first-order chi connectivity index (χ1) is 9.89. The van der Waals surface area contributed by atoms with E-state index in [1.165, 1.54) is 18.9 Å². The Morgan fingerprint density at radius 1 is 1.29 bits per heavy atom. The summed E-state index contributed by atoms with van der Waals surface area (Å²) >= 11 is 0. The summed E-state index contributed by atoms with van der Waals surface area (Å²) < 4.78 is 0. The molecule has 0 saturated heterocycles. The summed E-state index contributed by atoms with van der Waals surface area (Å²) in [5.41, 5.74) is 1.79. The van der Waals surface area contributed by atoms with Gasteiger partial charge in [0.1, 0.15) is 0 Å². The van der Waals surface area contributed by atoms with Gasteiger partial charge in [0.15, 0.2) is 0 Å². The molecule has 0 aliphatic heterocycles. The summed E-state index contributed by atoms with van der Waals surface area (Å²) in [5.74, 6) is -0.969. The first-order valence-corrected chi connectivity index (χ1v) is 7.28. The van der Waals surface area contributed by atoms with Gasteiger partial charge in [0.2, 0.25) is 0 Å². The highest BCUT2D eigenvalue weighted by Gasteiger charge is 2.28. The van der Waals surface area contributed by atoms with Crippen LogP contribution in [0.3, 0.4) is 0 Å². The Hall–Kier alpha value is -2.04. The number of aromatic carboxylic acids is 1. The zero-order chi connectivity index (χ0) is 15.5. The SMILES string of the molecule is Cc1cc(C(=O)O)ccc1NC(=O)NCC1(C)CCCC1. The van der Waals surface area contributed by atoms with Crippen LogP contribution in [-0.4, -0.2) is 23.7 Å². The minimum atomic E-state index is -0.969. The van der Waals surface area contributed by atoms with Gasteiger partial charge < -0.3 is 15.7 Å². The van der Waals surface area contributed by atoms with Gasteiger partial charge in [0, 0.05) is 12.2 Å². The smallest absolute Gasteiger partial charge is 0.335 e. The van der Waals surface area contributed by atoms with E-state index in [-0.39, 0.29) is 17.0 Å². The number of rotatable bonds is 4. The average molecular weight is 290 g/mol. The van der Waals surface area contributed by atoms with Gasteiger partial charge >= 0.3 is 12.0 Å². The summed E-state index contributed by atoms with van der Waals surface area (Å²) in [5, 5.41) is 14.6. The molecule has 0 atom stereocenters. The van der Waals surface area contributed by atoms with Gasteiger partial charge in [-0.05, 0) is 48.9 Å². The largest absolute Gasteiger partial charge is 0.478 e. The number of carbonyl (C=O) groups excluding carboxylic acids is 1. The maximum Gasteiger partial charge on any atom is 0.335 e. The highest BCUT2D eigenvalue weighted by Crippen LogP contribution is 2.36. The fourth-order valence-corrected chi connectivity index (χ4v) is 2.80. The molecule has 1 aromatic rings. The summed E-state index contributed by atoms with van der Waals surface area (Å²) in [6.07, 6.45) is 4.77. The molecule has 21 heavy (non-hydrogen) atoms. The molecular weight excluding hydrogens is 268 g/mol. The summed E-state index contributed by atoms with van der Waals surface area (Å²) in [6, 6.07) is 4.42. The third-order valence-electron chi connectivity index (χ3n) is 4.21. The molecule has 1 saturated carbocycles. The Morgan fingerprint density at radius 2 is 1.95 bits per heavy atom. The molecule has 0 radical (unpaired) electrons. The van der Waals surface area contributed by atoms with E-state index in [0.29, 0.717) is 12.2 Å². The van der Waals surface area contributed by atoms with Crippen molar-refractivity contribution in [2.75, 3.05) is 11.9 Å². The Labute approximate surface area is 124 Å². The van der Waals surface area contributed by atoms with E-state index in [0.717, 1.165) is 18.4 Å². The van der Waals surface area contributed by atoms with Crippen LogP contribution in [-0.2, 0) is 0 Å². The topological polar surface area (TPSA) is 78.4 Å². The third kappa shape index (κ3) is 3.97. The molecule has 0 unspecified atom stereocenters. The summed E-state index contributed by atoms with van der Waals surface area (Å²) in [4.78, 5) is 22.8. The predicted octanol–water partition coefficient (Wildman–Crippen LogP) is 3.40. The van der Waals surface area contributed by atoms with Gasteiger partial charge in [0.25, 0.3) is 0 Å². The highest BCUT2D eigenvalue weighted by molar-refractivity contribution is 5.92. The summed E-state index contributed by atoms with van der Waals surface area (Å²) in [7, 11) is 0. The Morgan fingerprint density at radius 3 is 2.52 bits per heavy atom. The number of nitrogens with one attached hydrogen (secondary N) is 2. The first kappa shape index (κ1) is 15.4. The average Bonchev–Trinajstić information content (AvgIpc) is 2.86. The number of hydrogen-bond donors (Lipinski definition) is 3. The number of carboxylic acids is 1. The van der Waals surface area contributed by atoms with Crippen molar-refractivity contribution in [1.29, 1.82) is 0 Å². The number of anilines is 1. The second-order valence-electron chi connectivity index (χ2n) is 6.16. The standard InChI is InChI=1S/C16H22N2O3/c1-11-9-12(14(19)20)5-6-13(11)18-15(21)17-10-16(2)7-3-4-8-16/h5-6,9H,3-4,7-8,10H2,1-2H3,(H,19,20)(H2,17,18,21). The Balaban J connectivity index is 1.92. The van der Waals surface area contributed by atoms with Crippen molar-refractivity contribution in [2.45, 2.75) is 39.5 Å². The van der Waals surface area contributed by atoms with Crippen LogP contribution in [0.25, 0.3) is 0 Å². The van der Waals surface area contributed by atoms with E-state index >= 15 is 0 Å². The second-order valence-corrected chi connectivity index (χ2v) is 6.16. The number of carbonyl (C=O) groups is 2. The minimum absolute atomic E-state index is 0.208. The van der Waals surface area contributed by atoms with Crippen LogP contribution < -0.4 is 10.6 Å². The Bertz CT molecular complexity index is 548. The van der Waals surface area contributed by atoms with Crippen molar-refractivity contribution in [3.05, 3.63) is 29.3 Å². The molecule has 0 heterocycles. The number of aryl methyl sites for hydroxylation is 1. The lowest BCUT2D eigenvalue weighted by molar-refractivity contribution is 0.0697. The normalized spacial score (nSPS) is 16.5. The molecule has 2 amide bonds. The predicted molar refractivity (Wildman–Crippen MR) is 81.7 cm³/mol. The molecule has 0 aromatic heterocycles. The molecular formula is C16H22N2O3. The molecule has 3 N–H and O–H groups in total. The molecule has 1 aliphatic carbocycles. The number of urea groups is 1. The zero-order valence-corrected chi connectivity index (χ0v) is 12.5. The van der Waals surface area contributed by atoms with Crippen molar-refractivity contribution in [3.8, 4) is 0 Å². The monoisotopic (exact) mass is 290 g/mol. The number of benzene rings is 1. The van der Waals surface area contributed by atoms with Gasteiger partial charge in [-0.2, -0.15) is 0 Å². The molecule has 5 nitrogen and oxygen atoms in total. The quantitative estimate of drug-likeness (QED) is 0.795. The van der Waals surface area contributed by atoms with Crippen molar-refractivity contribution in [2.24, 2.45) is 5.41 Å². The highest BCUT2D eigenvalue weighted by atomic mass is 16.4. The minimum Gasteiger partial charge on any atom is -0.478 e. The molecule has 0 bridgehead atoms. The van der Waals surface area contributed by atoms with Gasteiger partial charge in [-0.1, -0.05) is 19.8 Å². The molecule has 5 heteroatoms. The van der Waals surface area contributed by atoms with Gasteiger partial charge in [-0.3, -0.25) is 0 Å². The number of amides is 2. The first-order valence-electron chi connectivity index (χ1n) is 7.28. The lowest BCUT2D eigenvalue weighted by Crippen LogP contribution is -2.37. The van der Waals surface area contributed by atoms with Crippen molar-refractivity contribution < 1.29 is 14.7 Å². The zero-order valence-electron chi connectivity index (χ0n) is 12.5. The van der Waals surface area contributed by atoms with Crippen LogP contribution in [0.1, 0.15) is 48.5 Å². The van der Waals surface area contributed by atoms with E-state index < -0.39 is 5.97 Å². The number of hydrogen-bond acceptors (Lipinski definition) is 2.